The Hall–Kier alpha value is -2.82. The lowest BCUT2D eigenvalue weighted by molar-refractivity contribution is 0.422. The number of nitrogens with one attached hydrogen (secondary N) is 2. The molecule has 1 atom stereocenters. The number of benzene rings is 1. The summed E-state index contributed by atoms with van der Waals surface area (Å²) in [4.78, 5) is 6.97. The number of sulfonamides is 2. The predicted molar refractivity (Wildman–Crippen MR) is 121 cm³/mol. The molecule has 33 heavy (non-hydrogen) atoms. The van der Waals surface area contributed by atoms with Crippen LogP contribution in [0.2, 0.25) is 0 Å². The molecule has 0 amide bonds. The van der Waals surface area contributed by atoms with E-state index >= 15 is 0 Å². The van der Waals surface area contributed by atoms with Crippen LogP contribution >= 0.6 is 0 Å². The monoisotopic (exact) mass is 493 g/mol. The van der Waals surface area contributed by atoms with Crippen LogP contribution in [0.15, 0.2) is 55.5 Å². The Kier molecular flexibility index (Phi) is 6.02. The minimum absolute atomic E-state index is 0.0207. The van der Waals surface area contributed by atoms with Crippen molar-refractivity contribution in [2.75, 3.05) is 32.0 Å². The first-order valence-electron chi connectivity index (χ1n) is 9.85. The van der Waals surface area contributed by atoms with Gasteiger partial charge in [0, 0.05) is 24.8 Å². The van der Waals surface area contributed by atoms with Gasteiger partial charge in [-0.15, -0.1) is 5.11 Å². The second-order valence-electron chi connectivity index (χ2n) is 7.71. The number of rotatable bonds is 7. The summed E-state index contributed by atoms with van der Waals surface area (Å²) in [5, 5.41) is 16.3. The Balaban J connectivity index is 1.99. The van der Waals surface area contributed by atoms with E-state index in [2.05, 4.69) is 30.2 Å². The van der Waals surface area contributed by atoms with Crippen molar-refractivity contribution in [2.24, 2.45) is 26.1 Å². The molecule has 4 rings (SSSR count). The third-order valence-corrected chi connectivity index (χ3v) is 8.19. The summed E-state index contributed by atoms with van der Waals surface area (Å²) >= 11 is 0. The molecule has 1 aromatic heterocycles. The topological polar surface area (TPSA) is 220 Å². The van der Waals surface area contributed by atoms with E-state index < -0.39 is 35.4 Å². The average Bonchev–Trinajstić information content (AvgIpc) is 3.45. The zero-order valence-corrected chi connectivity index (χ0v) is 19.0. The minimum Gasteiger partial charge on any atom is -0.384 e. The quantitative estimate of drug-likeness (QED) is 0.325. The summed E-state index contributed by atoms with van der Waals surface area (Å²) < 4.78 is 55.0. The van der Waals surface area contributed by atoms with Gasteiger partial charge in [0.2, 0.25) is 20.0 Å². The maximum absolute atomic E-state index is 13.4. The summed E-state index contributed by atoms with van der Waals surface area (Å²) in [5.74, 6) is 0.199. The highest BCUT2D eigenvalue weighted by Crippen LogP contribution is 2.35. The number of aromatic nitrogens is 1. The van der Waals surface area contributed by atoms with E-state index in [1.807, 2.05) is 0 Å². The number of nitrogen functional groups attached to an aromatic ring is 1. The number of amidine groups is 1. The molecule has 0 saturated carbocycles. The SMILES string of the molecule is NC[C@@]1(NS(=O)(=O)c2ccc(-c3ccc(N)nc3)c(C3=NCN=N3)c2S(N)(=O)=O)CCNC1. The van der Waals surface area contributed by atoms with Crippen molar-refractivity contribution in [2.45, 2.75) is 21.8 Å². The molecule has 0 radical (unpaired) electrons. The molecule has 0 spiro atoms. The van der Waals surface area contributed by atoms with Crippen molar-refractivity contribution in [3.05, 3.63) is 36.0 Å². The van der Waals surface area contributed by atoms with Crippen molar-refractivity contribution in [1.82, 2.24) is 15.0 Å². The number of nitrogens with zero attached hydrogens (tertiary/aromatic N) is 4. The maximum Gasteiger partial charge on any atom is 0.242 e. The van der Waals surface area contributed by atoms with E-state index in [1.165, 1.54) is 24.4 Å². The lowest BCUT2D eigenvalue weighted by atomic mass is 10.00. The van der Waals surface area contributed by atoms with E-state index in [0.29, 0.717) is 30.6 Å². The van der Waals surface area contributed by atoms with E-state index in [4.69, 9.17) is 16.6 Å². The standard InChI is InChI=1S/C18H23N9O4S2/c19-8-18(5-6-22-9-18)27-33(30,31)13-3-2-12(11-1-4-14(20)23-7-11)15(16(13)32(21,28)29)17-24-10-25-26-17/h1-4,7,22,27H,5-6,8-10,19H2,(H2,20,23)(H2,21,28,29)/t18-/m0/s1. The third-order valence-electron chi connectivity index (χ3n) is 5.45. The second kappa shape index (κ2) is 8.51. The molecule has 15 heteroatoms. The van der Waals surface area contributed by atoms with Gasteiger partial charge in [-0.25, -0.2) is 36.7 Å². The predicted octanol–water partition coefficient (Wildman–Crippen LogP) is -0.883. The third kappa shape index (κ3) is 4.50. The van der Waals surface area contributed by atoms with Crippen molar-refractivity contribution in [3.8, 4) is 11.1 Å². The van der Waals surface area contributed by atoms with E-state index in [9.17, 15) is 16.8 Å². The van der Waals surface area contributed by atoms with Crippen LogP contribution in [0.1, 0.15) is 12.0 Å². The largest absolute Gasteiger partial charge is 0.384 e. The van der Waals surface area contributed by atoms with Gasteiger partial charge in [-0.1, -0.05) is 6.07 Å². The van der Waals surface area contributed by atoms with E-state index in [1.54, 1.807) is 6.07 Å². The van der Waals surface area contributed by atoms with Crippen LogP contribution in [0, 0.1) is 0 Å². The van der Waals surface area contributed by atoms with Gasteiger partial charge in [0.25, 0.3) is 0 Å². The summed E-state index contributed by atoms with van der Waals surface area (Å²) in [5.41, 5.74) is 11.2. The fraction of sp³-hybridized carbons (Fsp3) is 0.333. The number of nitrogens with two attached hydrogens (primary N) is 3. The number of anilines is 1. The van der Waals surface area contributed by atoms with Gasteiger partial charge in [-0.05, 0) is 36.7 Å². The molecule has 1 saturated heterocycles. The summed E-state index contributed by atoms with van der Waals surface area (Å²) in [6.45, 7) is 0.854. The minimum atomic E-state index is -4.58. The number of primary sulfonamides is 1. The van der Waals surface area contributed by atoms with Crippen molar-refractivity contribution in [1.29, 1.82) is 0 Å². The molecule has 2 aliphatic heterocycles. The fourth-order valence-electron chi connectivity index (χ4n) is 3.83. The molecule has 0 unspecified atom stereocenters. The smallest absolute Gasteiger partial charge is 0.242 e. The summed E-state index contributed by atoms with van der Waals surface area (Å²) in [7, 11) is -8.95. The van der Waals surface area contributed by atoms with Crippen LogP contribution in [0.3, 0.4) is 0 Å². The molecule has 0 bridgehead atoms. The van der Waals surface area contributed by atoms with Crippen LogP contribution in [-0.4, -0.2) is 59.5 Å². The molecule has 2 aliphatic rings. The highest BCUT2D eigenvalue weighted by molar-refractivity contribution is 7.92. The number of hydrogen-bond acceptors (Lipinski definition) is 11. The van der Waals surface area contributed by atoms with Crippen LogP contribution < -0.4 is 26.6 Å². The number of aliphatic imine (C=N–C) groups is 1. The molecule has 2 aromatic rings. The number of pyridine rings is 1. The lowest BCUT2D eigenvalue weighted by Gasteiger charge is -2.28. The van der Waals surface area contributed by atoms with Gasteiger partial charge in [-0.2, -0.15) is 5.11 Å². The summed E-state index contributed by atoms with van der Waals surface area (Å²) in [6, 6.07) is 5.76. The van der Waals surface area contributed by atoms with Crippen LogP contribution in [-0.2, 0) is 20.0 Å². The lowest BCUT2D eigenvalue weighted by Crippen LogP contribution is -2.55. The van der Waals surface area contributed by atoms with Crippen LogP contribution in [0.5, 0.6) is 0 Å². The second-order valence-corrected chi connectivity index (χ2v) is 10.9. The van der Waals surface area contributed by atoms with Crippen LogP contribution in [0.4, 0.5) is 5.82 Å². The fourth-order valence-corrected chi connectivity index (χ4v) is 6.87. The molecular weight excluding hydrogens is 470 g/mol. The highest BCUT2D eigenvalue weighted by atomic mass is 32.2. The van der Waals surface area contributed by atoms with Gasteiger partial charge in [-0.3, -0.25) is 0 Å². The number of azo groups is 1. The molecular formula is C18H23N9O4S2. The van der Waals surface area contributed by atoms with Crippen molar-refractivity contribution < 1.29 is 16.8 Å². The van der Waals surface area contributed by atoms with Gasteiger partial charge in [0.1, 0.15) is 15.6 Å². The summed E-state index contributed by atoms with van der Waals surface area (Å²) in [6.07, 6.45) is 1.87. The molecule has 1 aromatic carbocycles. The molecule has 8 N–H and O–H groups in total. The molecule has 3 heterocycles. The maximum atomic E-state index is 13.4. The zero-order valence-electron chi connectivity index (χ0n) is 17.4. The van der Waals surface area contributed by atoms with Gasteiger partial charge in [0.05, 0.1) is 11.1 Å². The van der Waals surface area contributed by atoms with E-state index in [-0.39, 0.29) is 30.4 Å². The average molecular weight is 494 g/mol. The van der Waals surface area contributed by atoms with Crippen LogP contribution in [0.25, 0.3) is 11.1 Å². The highest BCUT2D eigenvalue weighted by Gasteiger charge is 2.40. The molecule has 176 valence electrons. The van der Waals surface area contributed by atoms with Crippen molar-refractivity contribution in [3.63, 3.8) is 0 Å². The normalized spacial score (nSPS) is 20.8. The van der Waals surface area contributed by atoms with Gasteiger partial charge in [0.15, 0.2) is 12.5 Å². The first kappa shape index (κ1) is 23.3. The van der Waals surface area contributed by atoms with Gasteiger partial charge >= 0.3 is 0 Å². The zero-order chi connectivity index (χ0) is 23.9. The number of hydrogen-bond donors (Lipinski definition) is 5. The Morgan fingerprint density at radius 3 is 2.48 bits per heavy atom. The Labute approximate surface area is 190 Å². The Morgan fingerprint density at radius 2 is 1.94 bits per heavy atom. The molecule has 1 fully saturated rings. The van der Waals surface area contributed by atoms with E-state index in [0.717, 1.165) is 0 Å². The molecule has 0 aliphatic carbocycles. The van der Waals surface area contributed by atoms with Gasteiger partial charge < -0.3 is 16.8 Å². The first-order valence-corrected chi connectivity index (χ1v) is 12.9. The molecule has 13 nitrogen and oxygen atoms in total. The first-order chi connectivity index (χ1) is 15.6. The Bertz CT molecular complexity index is 1350. The van der Waals surface area contributed by atoms with Crippen molar-refractivity contribution >= 4 is 31.7 Å². The Morgan fingerprint density at radius 1 is 1.15 bits per heavy atom.